The molecular weight excluding hydrogens is 358 g/mol. The second kappa shape index (κ2) is 8.64. The number of ether oxygens (including phenoxy) is 1. The van der Waals surface area contributed by atoms with Gasteiger partial charge in [0.2, 0.25) is 5.91 Å². The van der Waals surface area contributed by atoms with Gasteiger partial charge in [0.1, 0.15) is 5.75 Å². The number of non-ortho nitro benzene ring substituents is 1. The topological polar surface area (TPSA) is 84.7 Å². The summed E-state index contributed by atoms with van der Waals surface area (Å²) in [5.41, 5.74) is 1.32. The number of benzene rings is 2. The van der Waals surface area contributed by atoms with Crippen LogP contribution in [0.15, 0.2) is 42.5 Å². The van der Waals surface area contributed by atoms with E-state index in [2.05, 4.69) is 5.32 Å². The van der Waals surface area contributed by atoms with Crippen molar-refractivity contribution >= 4 is 28.9 Å². The van der Waals surface area contributed by atoms with Gasteiger partial charge in [0, 0.05) is 17.1 Å². The van der Waals surface area contributed by atoms with Gasteiger partial charge in [-0.05, 0) is 37.7 Å². The normalized spacial score (nSPS) is 11.9. The Morgan fingerprint density at radius 2 is 1.96 bits per heavy atom. The fourth-order valence-electron chi connectivity index (χ4n) is 2.45. The van der Waals surface area contributed by atoms with E-state index in [1.807, 2.05) is 43.1 Å². The number of nitrogens with one attached hydrogen (secondary N) is 1. The quantitative estimate of drug-likeness (QED) is 0.584. The zero-order valence-electron chi connectivity index (χ0n) is 14.7. The molecule has 0 aliphatic rings. The molecule has 0 aliphatic carbocycles. The number of nitro groups is 1. The number of anilines is 1. The molecule has 0 bridgehead atoms. The Morgan fingerprint density at radius 3 is 2.54 bits per heavy atom. The Labute approximate surface area is 156 Å². The molecule has 0 aliphatic heterocycles. The molecular formula is C18H20ClN3O4. The fourth-order valence-corrected chi connectivity index (χ4v) is 2.57. The average Bonchev–Trinajstić information content (AvgIpc) is 2.61. The molecule has 0 fully saturated rings. The van der Waals surface area contributed by atoms with E-state index < -0.39 is 4.92 Å². The summed E-state index contributed by atoms with van der Waals surface area (Å²) in [5, 5.41) is 14.2. The minimum absolute atomic E-state index is 0.0109. The molecule has 0 radical (unpaired) electrons. The third kappa shape index (κ3) is 4.93. The van der Waals surface area contributed by atoms with Crippen molar-refractivity contribution in [3.05, 3.63) is 63.2 Å². The van der Waals surface area contributed by atoms with Gasteiger partial charge in [-0.1, -0.05) is 23.7 Å². The third-order valence-electron chi connectivity index (χ3n) is 4.08. The number of hydrogen-bond acceptors (Lipinski definition) is 5. The molecule has 0 saturated heterocycles. The standard InChI is InChI=1S/C18H20ClN3O4/c1-12(13-4-6-14(19)7-5-13)21(2)11-18(23)20-16-9-8-15(22(24)25)10-17(16)26-3/h4-10,12H,11H2,1-3H3,(H,20,23). The van der Waals surface area contributed by atoms with E-state index in [1.165, 1.54) is 25.3 Å². The highest BCUT2D eigenvalue weighted by Gasteiger charge is 2.17. The number of amides is 1. The maximum atomic E-state index is 12.3. The highest BCUT2D eigenvalue weighted by atomic mass is 35.5. The number of hydrogen-bond donors (Lipinski definition) is 1. The van der Waals surface area contributed by atoms with Crippen LogP contribution in [0.4, 0.5) is 11.4 Å². The van der Waals surface area contributed by atoms with Crippen LogP contribution in [0, 0.1) is 10.1 Å². The first-order chi connectivity index (χ1) is 12.3. The summed E-state index contributed by atoms with van der Waals surface area (Å²) in [5.74, 6) is -0.0126. The van der Waals surface area contributed by atoms with Crippen LogP contribution >= 0.6 is 11.6 Å². The number of carbonyl (C=O) groups is 1. The lowest BCUT2D eigenvalue weighted by Crippen LogP contribution is -2.32. The van der Waals surface area contributed by atoms with E-state index in [-0.39, 0.29) is 29.9 Å². The van der Waals surface area contributed by atoms with Crippen LogP contribution in [0.25, 0.3) is 0 Å². The van der Waals surface area contributed by atoms with Crippen molar-refractivity contribution in [2.24, 2.45) is 0 Å². The summed E-state index contributed by atoms with van der Waals surface area (Å²) in [6, 6.07) is 11.5. The van der Waals surface area contributed by atoms with E-state index in [1.54, 1.807) is 0 Å². The van der Waals surface area contributed by atoms with Crippen molar-refractivity contribution in [1.82, 2.24) is 4.90 Å². The van der Waals surface area contributed by atoms with Crippen LogP contribution in [0.1, 0.15) is 18.5 Å². The number of nitro benzene ring substituents is 1. The second-order valence-corrected chi connectivity index (χ2v) is 6.27. The molecule has 1 unspecified atom stereocenters. The van der Waals surface area contributed by atoms with Gasteiger partial charge >= 0.3 is 0 Å². The second-order valence-electron chi connectivity index (χ2n) is 5.83. The Bertz CT molecular complexity index is 796. The number of halogens is 1. The molecule has 2 rings (SSSR count). The Morgan fingerprint density at radius 1 is 1.31 bits per heavy atom. The number of methoxy groups -OCH3 is 1. The molecule has 0 aromatic heterocycles. The molecule has 1 atom stereocenters. The van der Waals surface area contributed by atoms with Gasteiger partial charge in [0.05, 0.1) is 30.3 Å². The average molecular weight is 378 g/mol. The molecule has 26 heavy (non-hydrogen) atoms. The molecule has 2 aromatic rings. The summed E-state index contributed by atoms with van der Waals surface area (Å²) in [7, 11) is 3.23. The smallest absolute Gasteiger partial charge is 0.273 e. The monoisotopic (exact) mass is 377 g/mol. The van der Waals surface area contributed by atoms with Crippen molar-refractivity contribution < 1.29 is 14.5 Å². The van der Waals surface area contributed by atoms with Crippen LogP contribution in [-0.4, -0.2) is 36.4 Å². The van der Waals surface area contributed by atoms with Crippen LogP contribution < -0.4 is 10.1 Å². The number of rotatable bonds is 7. The van der Waals surface area contributed by atoms with E-state index >= 15 is 0 Å². The molecule has 7 nitrogen and oxygen atoms in total. The van der Waals surface area contributed by atoms with E-state index in [9.17, 15) is 14.9 Å². The van der Waals surface area contributed by atoms with Crippen molar-refractivity contribution in [2.75, 3.05) is 26.0 Å². The summed E-state index contributed by atoms with van der Waals surface area (Å²) in [4.78, 5) is 24.5. The Hall–Kier alpha value is -2.64. The molecule has 0 spiro atoms. The summed E-state index contributed by atoms with van der Waals surface area (Å²) < 4.78 is 5.12. The predicted octanol–water partition coefficient (Wildman–Crippen LogP) is 3.89. The number of carbonyl (C=O) groups excluding carboxylic acids is 1. The minimum Gasteiger partial charge on any atom is -0.494 e. The highest BCUT2D eigenvalue weighted by molar-refractivity contribution is 6.30. The van der Waals surface area contributed by atoms with Crippen molar-refractivity contribution in [3.63, 3.8) is 0 Å². The largest absolute Gasteiger partial charge is 0.494 e. The van der Waals surface area contributed by atoms with E-state index in [0.29, 0.717) is 10.7 Å². The van der Waals surface area contributed by atoms with Gasteiger partial charge in [0.25, 0.3) is 5.69 Å². The molecule has 0 heterocycles. The zero-order chi connectivity index (χ0) is 19.3. The maximum Gasteiger partial charge on any atom is 0.273 e. The first-order valence-corrected chi connectivity index (χ1v) is 8.27. The van der Waals surface area contributed by atoms with Crippen molar-refractivity contribution in [2.45, 2.75) is 13.0 Å². The van der Waals surface area contributed by atoms with Crippen molar-refractivity contribution in [1.29, 1.82) is 0 Å². The third-order valence-corrected chi connectivity index (χ3v) is 4.33. The van der Waals surface area contributed by atoms with E-state index in [0.717, 1.165) is 5.56 Å². The van der Waals surface area contributed by atoms with Crippen LogP contribution in [0.3, 0.4) is 0 Å². The molecule has 1 N–H and O–H groups in total. The van der Waals surface area contributed by atoms with Crippen LogP contribution in [0.5, 0.6) is 5.75 Å². The summed E-state index contributed by atoms with van der Waals surface area (Å²) >= 11 is 5.90. The van der Waals surface area contributed by atoms with E-state index in [4.69, 9.17) is 16.3 Å². The lowest BCUT2D eigenvalue weighted by molar-refractivity contribution is -0.384. The van der Waals surface area contributed by atoms with Gasteiger partial charge in [-0.15, -0.1) is 0 Å². The first kappa shape index (κ1) is 19.7. The summed E-state index contributed by atoms with van der Waals surface area (Å²) in [6.45, 7) is 2.13. The molecule has 2 aromatic carbocycles. The Kier molecular flexibility index (Phi) is 6.54. The fraction of sp³-hybridized carbons (Fsp3) is 0.278. The van der Waals surface area contributed by atoms with Gasteiger partial charge < -0.3 is 10.1 Å². The van der Waals surface area contributed by atoms with Gasteiger partial charge in [-0.25, -0.2) is 0 Å². The molecule has 1 amide bonds. The Balaban J connectivity index is 2.03. The molecule has 0 saturated carbocycles. The number of likely N-dealkylation sites (N-methyl/N-ethyl adjacent to an activating group) is 1. The maximum absolute atomic E-state index is 12.3. The van der Waals surface area contributed by atoms with Crippen molar-refractivity contribution in [3.8, 4) is 5.75 Å². The number of nitrogens with zero attached hydrogens (tertiary/aromatic N) is 2. The minimum atomic E-state index is -0.518. The first-order valence-electron chi connectivity index (χ1n) is 7.89. The van der Waals surface area contributed by atoms with Gasteiger partial charge in [0.15, 0.2) is 0 Å². The zero-order valence-corrected chi connectivity index (χ0v) is 15.5. The summed E-state index contributed by atoms with van der Waals surface area (Å²) in [6.07, 6.45) is 0. The molecule has 138 valence electrons. The van der Waals surface area contributed by atoms with Gasteiger partial charge in [-0.3, -0.25) is 19.8 Å². The highest BCUT2D eigenvalue weighted by Crippen LogP contribution is 2.29. The predicted molar refractivity (Wildman–Crippen MR) is 101 cm³/mol. The lowest BCUT2D eigenvalue weighted by atomic mass is 10.1. The SMILES string of the molecule is COc1cc([N+](=O)[O-])ccc1NC(=O)CN(C)C(C)c1ccc(Cl)cc1. The van der Waals surface area contributed by atoms with Crippen LogP contribution in [-0.2, 0) is 4.79 Å². The van der Waals surface area contributed by atoms with Crippen LogP contribution in [0.2, 0.25) is 5.02 Å². The molecule has 8 heteroatoms. The van der Waals surface area contributed by atoms with Gasteiger partial charge in [-0.2, -0.15) is 0 Å². The lowest BCUT2D eigenvalue weighted by Gasteiger charge is -2.24.